The van der Waals surface area contributed by atoms with Crippen LogP contribution in [-0.2, 0) is 19.7 Å². The Morgan fingerprint density at radius 1 is 1.55 bits per heavy atom. The summed E-state index contributed by atoms with van der Waals surface area (Å²) in [5, 5.41) is 10.8. The monoisotopic (exact) mass is 297 g/mol. The topological polar surface area (TPSA) is 66.8 Å². The molecule has 1 fully saturated rings. The number of rotatable bonds is 4. The lowest BCUT2D eigenvalue weighted by Gasteiger charge is -2.37. The fourth-order valence-corrected chi connectivity index (χ4v) is 3.20. The minimum absolute atomic E-state index is 0.0265. The number of aliphatic carboxylic acids is 1. The Kier molecular flexibility index (Phi) is 4.45. The van der Waals surface area contributed by atoms with Crippen LogP contribution >= 0.6 is 11.3 Å². The number of hydrogen-bond acceptors (Lipinski definition) is 4. The Hall–Kier alpha value is -1.40. The van der Waals surface area contributed by atoms with E-state index in [1.54, 1.807) is 16.2 Å². The van der Waals surface area contributed by atoms with E-state index in [1.807, 2.05) is 31.4 Å². The minimum atomic E-state index is -0.901. The number of nitrogens with zero attached hydrogens (tertiary/aromatic N) is 1. The van der Waals surface area contributed by atoms with E-state index >= 15 is 0 Å². The van der Waals surface area contributed by atoms with Crippen LogP contribution in [-0.4, -0.2) is 47.7 Å². The molecule has 1 amide bonds. The van der Waals surface area contributed by atoms with Crippen molar-refractivity contribution < 1.29 is 19.4 Å². The van der Waals surface area contributed by atoms with Gasteiger partial charge in [-0.05, 0) is 25.3 Å². The lowest BCUT2D eigenvalue weighted by Crippen LogP contribution is -2.51. The molecule has 0 unspecified atom stereocenters. The maximum atomic E-state index is 12.7. The first-order valence-corrected chi connectivity index (χ1v) is 7.46. The second kappa shape index (κ2) is 5.93. The molecule has 1 atom stereocenters. The van der Waals surface area contributed by atoms with Crippen LogP contribution in [0.3, 0.4) is 0 Å². The van der Waals surface area contributed by atoms with E-state index in [2.05, 4.69) is 0 Å². The first-order chi connectivity index (χ1) is 9.41. The summed E-state index contributed by atoms with van der Waals surface area (Å²) in [6, 6.07) is 3.89. The van der Waals surface area contributed by atoms with Gasteiger partial charge in [0.1, 0.15) is 0 Å². The quantitative estimate of drug-likeness (QED) is 0.919. The Balaban J connectivity index is 2.07. The second-order valence-electron chi connectivity index (χ2n) is 5.44. The number of carbonyl (C=O) groups is 2. The molecule has 2 rings (SSSR count). The predicted octanol–water partition coefficient (Wildman–Crippen LogP) is 1.73. The van der Waals surface area contributed by atoms with Gasteiger partial charge < -0.3 is 14.7 Å². The summed E-state index contributed by atoms with van der Waals surface area (Å²) in [6.45, 7) is 5.07. The normalized spacial score (nSPS) is 19.9. The molecule has 0 bridgehead atoms. The molecule has 0 aromatic carbocycles. The fourth-order valence-electron chi connectivity index (χ4n) is 2.36. The van der Waals surface area contributed by atoms with Crippen molar-refractivity contribution in [3.05, 3.63) is 22.4 Å². The van der Waals surface area contributed by atoms with Crippen molar-refractivity contribution in [3.8, 4) is 0 Å². The molecule has 1 N–H and O–H groups in total. The van der Waals surface area contributed by atoms with Crippen LogP contribution in [0.1, 0.15) is 25.1 Å². The molecule has 0 radical (unpaired) electrons. The van der Waals surface area contributed by atoms with Crippen LogP contribution in [0.2, 0.25) is 0 Å². The Morgan fingerprint density at radius 2 is 2.30 bits per heavy atom. The summed E-state index contributed by atoms with van der Waals surface area (Å²) >= 11 is 1.56. The molecule has 2 heterocycles. The highest BCUT2D eigenvalue weighted by molar-refractivity contribution is 7.10. The number of hydrogen-bond donors (Lipinski definition) is 1. The van der Waals surface area contributed by atoms with Gasteiger partial charge in [0.2, 0.25) is 5.91 Å². The van der Waals surface area contributed by atoms with E-state index in [-0.39, 0.29) is 12.3 Å². The summed E-state index contributed by atoms with van der Waals surface area (Å²) in [5.41, 5.74) is -0.584. The zero-order valence-electron chi connectivity index (χ0n) is 11.7. The second-order valence-corrected chi connectivity index (χ2v) is 6.39. The smallest absolute Gasteiger partial charge is 0.306 e. The molecule has 1 aliphatic heterocycles. The highest BCUT2D eigenvalue weighted by Gasteiger charge is 2.37. The molecule has 1 saturated heterocycles. The molecule has 20 heavy (non-hydrogen) atoms. The average molecular weight is 297 g/mol. The van der Waals surface area contributed by atoms with Gasteiger partial charge in [0.25, 0.3) is 0 Å². The van der Waals surface area contributed by atoms with Crippen LogP contribution in [0.15, 0.2) is 17.5 Å². The first kappa shape index (κ1) is 15.0. The predicted molar refractivity (Wildman–Crippen MR) is 75.9 cm³/mol. The minimum Gasteiger partial charge on any atom is -0.481 e. The maximum Gasteiger partial charge on any atom is 0.306 e. The molecule has 0 spiro atoms. The van der Waals surface area contributed by atoms with E-state index in [4.69, 9.17) is 9.84 Å². The van der Waals surface area contributed by atoms with Gasteiger partial charge >= 0.3 is 5.97 Å². The van der Waals surface area contributed by atoms with Crippen molar-refractivity contribution >= 4 is 23.2 Å². The summed E-state index contributed by atoms with van der Waals surface area (Å²) in [5.74, 6) is -0.875. The van der Waals surface area contributed by atoms with Gasteiger partial charge in [-0.25, -0.2) is 0 Å². The summed E-state index contributed by atoms with van der Waals surface area (Å²) < 4.78 is 5.40. The number of carboxylic acids is 1. The van der Waals surface area contributed by atoms with E-state index in [9.17, 15) is 9.59 Å². The van der Waals surface area contributed by atoms with E-state index < -0.39 is 17.5 Å². The zero-order valence-corrected chi connectivity index (χ0v) is 12.5. The third-order valence-electron chi connectivity index (χ3n) is 3.50. The SMILES string of the molecule is CC(C)(C(=O)N1CCO[C@@H](CC(=O)O)C1)c1cccs1. The van der Waals surface area contributed by atoms with Crippen molar-refractivity contribution in [2.24, 2.45) is 0 Å². The van der Waals surface area contributed by atoms with Crippen molar-refractivity contribution in [1.29, 1.82) is 0 Å². The van der Waals surface area contributed by atoms with Gasteiger partial charge in [-0.15, -0.1) is 11.3 Å². The molecule has 6 heteroatoms. The van der Waals surface area contributed by atoms with Crippen molar-refractivity contribution in [2.45, 2.75) is 31.8 Å². The lowest BCUT2D eigenvalue weighted by molar-refractivity contribution is -0.150. The third-order valence-corrected chi connectivity index (χ3v) is 4.69. The Labute approximate surface area is 122 Å². The van der Waals surface area contributed by atoms with Crippen LogP contribution in [0.5, 0.6) is 0 Å². The fraction of sp³-hybridized carbons (Fsp3) is 0.571. The zero-order chi connectivity index (χ0) is 14.8. The maximum absolute atomic E-state index is 12.7. The molecule has 110 valence electrons. The van der Waals surface area contributed by atoms with Gasteiger partial charge in [-0.1, -0.05) is 6.07 Å². The van der Waals surface area contributed by atoms with Gasteiger partial charge in [0.05, 0.1) is 24.5 Å². The Bertz CT molecular complexity index is 483. The van der Waals surface area contributed by atoms with Gasteiger partial charge in [-0.2, -0.15) is 0 Å². The molecule has 1 aromatic rings. The van der Waals surface area contributed by atoms with Gasteiger partial charge in [0.15, 0.2) is 0 Å². The number of carboxylic acid groups (broad SMARTS) is 1. The van der Waals surface area contributed by atoms with E-state index in [0.717, 1.165) is 4.88 Å². The lowest BCUT2D eigenvalue weighted by atomic mass is 9.89. The van der Waals surface area contributed by atoms with Gasteiger partial charge in [-0.3, -0.25) is 9.59 Å². The van der Waals surface area contributed by atoms with Crippen LogP contribution < -0.4 is 0 Å². The molecule has 0 aliphatic carbocycles. The third kappa shape index (κ3) is 3.19. The molecular weight excluding hydrogens is 278 g/mol. The number of ether oxygens (including phenoxy) is 1. The summed E-state index contributed by atoms with van der Waals surface area (Å²) in [6.07, 6.45) is -0.479. The van der Waals surface area contributed by atoms with E-state index in [1.165, 1.54) is 0 Å². The highest BCUT2D eigenvalue weighted by atomic mass is 32.1. The average Bonchev–Trinajstić information content (AvgIpc) is 2.92. The molecule has 1 aliphatic rings. The van der Waals surface area contributed by atoms with Crippen LogP contribution in [0.25, 0.3) is 0 Å². The van der Waals surface area contributed by atoms with Crippen molar-refractivity contribution in [1.82, 2.24) is 4.90 Å². The molecule has 1 aromatic heterocycles. The Morgan fingerprint density at radius 3 is 2.90 bits per heavy atom. The molecule has 5 nitrogen and oxygen atoms in total. The number of carbonyl (C=O) groups excluding carboxylic acids is 1. The van der Waals surface area contributed by atoms with Crippen LogP contribution in [0, 0.1) is 0 Å². The number of amides is 1. The van der Waals surface area contributed by atoms with Crippen molar-refractivity contribution in [2.75, 3.05) is 19.7 Å². The van der Waals surface area contributed by atoms with Crippen molar-refractivity contribution in [3.63, 3.8) is 0 Å². The summed E-state index contributed by atoms with van der Waals surface area (Å²) in [4.78, 5) is 26.2. The standard InChI is InChI=1S/C14H19NO4S/c1-14(2,11-4-3-7-20-11)13(18)15-5-6-19-10(9-15)8-12(16)17/h3-4,7,10H,5-6,8-9H2,1-2H3,(H,16,17)/t10-/m0/s1. The number of thiophene rings is 1. The first-order valence-electron chi connectivity index (χ1n) is 6.58. The molecule has 0 saturated carbocycles. The highest BCUT2D eigenvalue weighted by Crippen LogP contribution is 2.30. The van der Waals surface area contributed by atoms with Crippen LogP contribution in [0.4, 0.5) is 0 Å². The molecular formula is C14H19NO4S. The van der Waals surface area contributed by atoms with Gasteiger partial charge in [0, 0.05) is 18.0 Å². The summed E-state index contributed by atoms with van der Waals surface area (Å²) in [7, 11) is 0. The number of morpholine rings is 1. The van der Waals surface area contributed by atoms with E-state index in [0.29, 0.717) is 19.7 Å². The largest absolute Gasteiger partial charge is 0.481 e.